The number of carbonyl (C=O) groups is 1. The summed E-state index contributed by atoms with van der Waals surface area (Å²) in [6.07, 6.45) is 4.51. The molecule has 1 aliphatic rings. The molecule has 19 heavy (non-hydrogen) atoms. The van der Waals surface area contributed by atoms with E-state index in [1.807, 2.05) is 18.7 Å². The largest absolute Gasteiger partial charge is 0.368 e. The van der Waals surface area contributed by atoms with Gasteiger partial charge in [-0.15, -0.1) is 11.8 Å². The van der Waals surface area contributed by atoms with Crippen LogP contribution in [0.25, 0.3) is 0 Å². The van der Waals surface area contributed by atoms with Crippen LogP contribution in [0.3, 0.4) is 0 Å². The molecule has 0 fully saturated rings. The van der Waals surface area contributed by atoms with Crippen LogP contribution in [0.2, 0.25) is 0 Å². The number of nitrogens with one attached hydrogen (secondary N) is 1. The Morgan fingerprint density at radius 2 is 2.21 bits per heavy atom. The SMILES string of the molecule is CCNC(CCSc1ccc2c(c1)CCC2)C(N)=O. The smallest absolute Gasteiger partial charge is 0.234 e. The number of nitrogens with two attached hydrogens (primary N) is 1. The first-order valence-corrected chi connectivity index (χ1v) is 7.96. The molecule has 0 aromatic heterocycles. The predicted molar refractivity (Wildman–Crippen MR) is 80.5 cm³/mol. The van der Waals surface area contributed by atoms with Gasteiger partial charge in [0.2, 0.25) is 5.91 Å². The molecule has 2 rings (SSSR count). The van der Waals surface area contributed by atoms with Gasteiger partial charge >= 0.3 is 0 Å². The Kier molecular flexibility index (Phi) is 5.28. The van der Waals surface area contributed by atoms with Crippen LogP contribution in [-0.4, -0.2) is 24.2 Å². The molecule has 0 bridgehead atoms. The van der Waals surface area contributed by atoms with E-state index >= 15 is 0 Å². The van der Waals surface area contributed by atoms with Gasteiger partial charge < -0.3 is 11.1 Å². The van der Waals surface area contributed by atoms with Crippen LogP contribution < -0.4 is 11.1 Å². The van der Waals surface area contributed by atoms with Crippen molar-refractivity contribution < 1.29 is 4.79 Å². The Bertz CT molecular complexity index is 448. The number of amides is 1. The molecule has 0 heterocycles. The highest BCUT2D eigenvalue weighted by atomic mass is 32.2. The summed E-state index contributed by atoms with van der Waals surface area (Å²) < 4.78 is 0. The van der Waals surface area contributed by atoms with Crippen molar-refractivity contribution in [3.05, 3.63) is 29.3 Å². The summed E-state index contributed by atoms with van der Waals surface area (Å²) in [5, 5.41) is 3.12. The van der Waals surface area contributed by atoms with Crippen LogP contribution >= 0.6 is 11.8 Å². The van der Waals surface area contributed by atoms with Gasteiger partial charge in [0.05, 0.1) is 6.04 Å². The second-order valence-corrected chi connectivity index (χ2v) is 6.10. The first kappa shape index (κ1) is 14.4. The number of hydrogen-bond donors (Lipinski definition) is 2. The molecular weight excluding hydrogens is 256 g/mol. The van der Waals surface area contributed by atoms with Crippen LogP contribution in [-0.2, 0) is 17.6 Å². The molecule has 1 unspecified atom stereocenters. The van der Waals surface area contributed by atoms with Crippen molar-refractivity contribution in [1.29, 1.82) is 0 Å². The Labute approximate surface area is 119 Å². The number of fused-ring (bicyclic) bond motifs is 1. The van der Waals surface area contributed by atoms with Crippen molar-refractivity contribution in [2.45, 2.75) is 43.5 Å². The minimum absolute atomic E-state index is 0.202. The van der Waals surface area contributed by atoms with Gasteiger partial charge in [0, 0.05) is 4.90 Å². The molecule has 3 nitrogen and oxygen atoms in total. The van der Waals surface area contributed by atoms with Gasteiger partial charge in [0.25, 0.3) is 0 Å². The van der Waals surface area contributed by atoms with E-state index in [0.29, 0.717) is 0 Å². The number of hydrogen-bond acceptors (Lipinski definition) is 3. The zero-order valence-corrected chi connectivity index (χ0v) is 12.3. The van der Waals surface area contributed by atoms with Crippen molar-refractivity contribution in [1.82, 2.24) is 5.32 Å². The van der Waals surface area contributed by atoms with Gasteiger partial charge in [-0.3, -0.25) is 4.79 Å². The number of benzene rings is 1. The van der Waals surface area contributed by atoms with Crippen LogP contribution in [0.15, 0.2) is 23.1 Å². The van der Waals surface area contributed by atoms with Gasteiger partial charge in [0.15, 0.2) is 0 Å². The molecule has 1 amide bonds. The summed E-state index contributed by atoms with van der Waals surface area (Å²) in [4.78, 5) is 12.5. The maximum atomic E-state index is 11.2. The Morgan fingerprint density at radius 1 is 1.42 bits per heavy atom. The molecule has 1 aromatic carbocycles. The van der Waals surface area contributed by atoms with Crippen LogP contribution in [0.5, 0.6) is 0 Å². The predicted octanol–water partition coefficient (Wildman–Crippen LogP) is 2.12. The summed E-state index contributed by atoms with van der Waals surface area (Å²) in [5.74, 6) is 0.663. The van der Waals surface area contributed by atoms with E-state index in [9.17, 15) is 4.79 Å². The molecule has 1 atom stereocenters. The molecule has 3 N–H and O–H groups in total. The van der Waals surface area contributed by atoms with Crippen molar-refractivity contribution in [3.8, 4) is 0 Å². The summed E-state index contributed by atoms with van der Waals surface area (Å²) >= 11 is 1.81. The fourth-order valence-electron chi connectivity index (χ4n) is 2.52. The van der Waals surface area contributed by atoms with E-state index in [-0.39, 0.29) is 11.9 Å². The summed E-state index contributed by atoms with van der Waals surface area (Å²) in [7, 11) is 0. The van der Waals surface area contributed by atoms with Crippen LogP contribution in [0.4, 0.5) is 0 Å². The summed E-state index contributed by atoms with van der Waals surface area (Å²) in [5.41, 5.74) is 8.37. The summed E-state index contributed by atoms with van der Waals surface area (Å²) in [6, 6.07) is 6.55. The van der Waals surface area contributed by atoms with E-state index in [4.69, 9.17) is 5.73 Å². The number of carbonyl (C=O) groups excluding carboxylic acids is 1. The number of thioether (sulfide) groups is 1. The third kappa shape index (κ3) is 3.98. The first-order valence-electron chi connectivity index (χ1n) is 6.98. The highest BCUT2D eigenvalue weighted by Crippen LogP contribution is 2.27. The average Bonchev–Trinajstić information content (AvgIpc) is 2.85. The topological polar surface area (TPSA) is 55.1 Å². The van der Waals surface area contributed by atoms with Gasteiger partial charge in [-0.05, 0) is 61.2 Å². The summed E-state index contributed by atoms with van der Waals surface area (Å²) in [6.45, 7) is 2.76. The Hall–Kier alpha value is -1.00. The van der Waals surface area contributed by atoms with Gasteiger partial charge in [-0.2, -0.15) is 0 Å². The van der Waals surface area contributed by atoms with Crippen molar-refractivity contribution in [2.75, 3.05) is 12.3 Å². The number of primary amides is 1. The molecule has 0 saturated heterocycles. The molecule has 4 heteroatoms. The zero-order valence-electron chi connectivity index (χ0n) is 11.4. The third-order valence-electron chi connectivity index (χ3n) is 3.54. The van der Waals surface area contributed by atoms with E-state index in [1.54, 1.807) is 0 Å². The van der Waals surface area contributed by atoms with E-state index in [1.165, 1.54) is 35.3 Å². The lowest BCUT2D eigenvalue weighted by Gasteiger charge is -2.13. The van der Waals surface area contributed by atoms with E-state index < -0.39 is 0 Å². The Balaban J connectivity index is 1.83. The normalized spacial score (nSPS) is 15.2. The molecule has 1 aliphatic carbocycles. The quantitative estimate of drug-likeness (QED) is 0.751. The minimum Gasteiger partial charge on any atom is -0.368 e. The molecule has 1 aromatic rings. The monoisotopic (exact) mass is 278 g/mol. The second-order valence-electron chi connectivity index (χ2n) is 4.93. The third-order valence-corrected chi connectivity index (χ3v) is 4.57. The molecular formula is C15H22N2OS. The number of rotatable bonds is 7. The molecule has 0 aliphatic heterocycles. The van der Waals surface area contributed by atoms with E-state index in [2.05, 4.69) is 23.5 Å². The number of aryl methyl sites for hydroxylation is 2. The minimum atomic E-state index is -0.253. The van der Waals surface area contributed by atoms with Gasteiger partial charge in [0.1, 0.15) is 0 Å². The van der Waals surface area contributed by atoms with Crippen LogP contribution in [0.1, 0.15) is 30.9 Å². The fourth-order valence-corrected chi connectivity index (χ4v) is 3.50. The number of likely N-dealkylation sites (N-methyl/N-ethyl adjacent to an activating group) is 1. The lowest BCUT2D eigenvalue weighted by molar-refractivity contribution is -0.120. The lowest BCUT2D eigenvalue weighted by Crippen LogP contribution is -2.41. The average molecular weight is 278 g/mol. The van der Waals surface area contributed by atoms with Crippen molar-refractivity contribution in [2.24, 2.45) is 5.73 Å². The van der Waals surface area contributed by atoms with Crippen molar-refractivity contribution in [3.63, 3.8) is 0 Å². The highest BCUT2D eigenvalue weighted by molar-refractivity contribution is 7.99. The Morgan fingerprint density at radius 3 is 2.95 bits per heavy atom. The van der Waals surface area contributed by atoms with Crippen molar-refractivity contribution >= 4 is 17.7 Å². The zero-order chi connectivity index (χ0) is 13.7. The maximum absolute atomic E-state index is 11.2. The lowest BCUT2D eigenvalue weighted by atomic mass is 10.1. The van der Waals surface area contributed by atoms with Gasteiger partial charge in [-0.1, -0.05) is 13.0 Å². The standard InChI is InChI=1S/C15H22N2OS/c1-2-17-14(15(16)18)8-9-19-13-7-6-11-4-3-5-12(11)10-13/h6-7,10,14,17H,2-5,8-9H2,1H3,(H2,16,18). The molecule has 0 spiro atoms. The first-order chi connectivity index (χ1) is 9.20. The second kappa shape index (κ2) is 6.96. The fraction of sp³-hybridized carbons (Fsp3) is 0.533. The molecule has 0 radical (unpaired) electrons. The maximum Gasteiger partial charge on any atom is 0.234 e. The highest BCUT2D eigenvalue weighted by Gasteiger charge is 2.14. The molecule has 0 saturated carbocycles. The van der Waals surface area contributed by atoms with Gasteiger partial charge in [-0.25, -0.2) is 0 Å². The van der Waals surface area contributed by atoms with E-state index in [0.717, 1.165) is 18.7 Å². The molecule has 104 valence electrons. The van der Waals surface area contributed by atoms with Crippen LogP contribution in [0, 0.1) is 0 Å².